The molecule has 0 aliphatic carbocycles. The summed E-state index contributed by atoms with van der Waals surface area (Å²) in [6.45, 7) is 3.20. The summed E-state index contributed by atoms with van der Waals surface area (Å²) in [4.78, 5) is 22.6. The summed E-state index contributed by atoms with van der Waals surface area (Å²) >= 11 is 13.9. The van der Waals surface area contributed by atoms with Crippen molar-refractivity contribution in [2.24, 2.45) is 0 Å². The maximum Gasteiger partial charge on any atom is 0.220 e. The standard InChI is InChI=1S/C34H35Cl2FN6O3/c1-45-23-18-43(19-23)17-21-13-14-39-33(32(21)37)41-28-8-4-6-25(31(28)36)24-5-3-7-26(30(24)35)27-11-9-20(34(42-27)46-2)15-38-16-22-10-12-29(44)40-22/h3-9,11,13-14,22-23,38H,10,12,15-19H2,1-2H3,(H,39,41)(H,40,44)/t22-/m0/s1. The van der Waals surface area contributed by atoms with Crippen LogP contribution in [0.1, 0.15) is 24.0 Å². The fourth-order valence-corrected chi connectivity index (χ4v) is 6.38. The molecule has 9 nitrogen and oxygen atoms in total. The number of nitrogens with one attached hydrogen (secondary N) is 3. The van der Waals surface area contributed by atoms with E-state index in [0.29, 0.717) is 75.6 Å². The lowest BCUT2D eigenvalue weighted by Gasteiger charge is -2.38. The molecule has 2 aromatic carbocycles. The van der Waals surface area contributed by atoms with Gasteiger partial charge in [0.2, 0.25) is 11.8 Å². The molecule has 0 radical (unpaired) electrons. The quantitative estimate of drug-likeness (QED) is 0.164. The maximum atomic E-state index is 15.5. The molecule has 240 valence electrons. The SMILES string of the molecule is COc1nc(-c2cccc(-c3cccc(Nc4nccc(CN5CC(OC)C5)c4F)c3Cl)c2Cl)ccc1CNC[C@@H]1CCC(=O)N1. The number of hydrogen-bond acceptors (Lipinski definition) is 8. The molecular formula is C34H35Cl2FN6O3. The van der Waals surface area contributed by atoms with Crippen molar-refractivity contribution >= 4 is 40.6 Å². The summed E-state index contributed by atoms with van der Waals surface area (Å²) in [5.74, 6) is 0.248. The van der Waals surface area contributed by atoms with Gasteiger partial charge in [0.1, 0.15) is 0 Å². The zero-order valence-electron chi connectivity index (χ0n) is 25.6. The number of hydrogen-bond donors (Lipinski definition) is 3. The Bertz CT molecular complexity index is 1740. The maximum absolute atomic E-state index is 15.5. The van der Waals surface area contributed by atoms with Crippen LogP contribution < -0.4 is 20.7 Å². The van der Waals surface area contributed by atoms with E-state index in [1.165, 1.54) is 0 Å². The first-order valence-corrected chi connectivity index (χ1v) is 15.9. The number of ether oxygens (including phenoxy) is 2. The highest BCUT2D eigenvalue weighted by molar-refractivity contribution is 6.39. The Morgan fingerprint density at radius 2 is 1.76 bits per heavy atom. The van der Waals surface area contributed by atoms with E-state index in [1.807, 2.05) is 42.5 Å². The number of benzene rings is 2. The number of methoxy groups -OCH3 is 2. The lowest BCUT2D eigenvalue weighted by molar-refractivity contribution is -0.119. The van der Waals surface area contributed by atoms with Gasteiger partial charge in [0.05, 0.1) is 34.6 Å². The average molecular weight is 666 g/mol. The normalized spacial score (nSPS) is 16.7. The summed E-state index contributed by atoms with van der Waals surface area (Å²) in [5.41, 5.74) is 4.66. The van der Waals surface area contributed by atoms with E-state index >= 15 is 4.39 Å². The van der Waals surface area contributed by atoms with Gasteiger partial charge in [-0.15, -0.1) is 0 Å². The lowest BCUT2D eigenvalue weighted by Crippen LogP contribution is -2.51. The molecule has 2 aliphatic heterocycles. The van der Waals surface area contributed by atoms with Crippen LogP contribution in [0, 0.1) is 5.82 Å². The van der Waals surface area contributed by atoms with Gasteiger partial charge < -0.3 is 25.4 Å². The second kappa shape index (κ2) is 14.3. The first-order chi connectivity index (χ1) is 22.3. The van der Waals surface area contributed by atoms with Crippen molar-refractivity contribution in [1.82, 2.24) is 25.5 Å². The Hall–Kier alpha value is -3.80. The summed E-state index contributed by atoms with van der Waals surface area (Å²) in [6, 6.07) is 16.8. The first kappa shape index (κ1) is 32.2. The van der Waals surface area contributed by atoms with Gasteiger partial charge in [-0.25, -0.2) is 14.4 Å². The molecule has 2 aliphatic rings. The van der Waals surface area contributed by atoms with Gasteiger partial charge in [-0.2, -0.15) is 0 Å². The highest BCUT2D eigenvalue weighted by Gasteiger charge is 2.27. The molecule has 3 N–H and O–H groups in total. The molecular weight excluding hydrogens is 630 g/mol. The van der Waals surface area contributed by atoms with Gasteiger partial charge in [0.25, 0.3) is 0 Å². The summed E-state index contributed by atoms with van der Waals surface area (Å²) < 4.78 is 26.4. The fraction of sp³-hybridized carbons (Fsp3) is 0.324. The zero-order valence-corrected chi connectivity index (χ0v) is 27.1. The lowest BCUT2D eigenvalue weighted by atomic mass is 10.00. The van der Waals surface area contributed by atoms with E-state index in [9.17, 15) is 4.79 Å². The molecule has 6 rings (SSSR count). The van der Waals surface area contributed by atoms with Crippen LogP contribution in [0.15, 0.2) is 60.8 Å². The predicted octanol–water partition coefficient (Wildman–Crippen LogP) is 6.21. The molecule has 1 atom stereocenters. The van der Waals surface area contributed by atoms with E-state index in [-0.39, 0.29) is 23.9 Å². The van der Waals surface area contributed by atoms with Gasteiger partial charge in [0.15, 0.2) is 11.6 Å². The number of carbonyl (C=O) groups is 1. The van der Waals surface area contributed by atoms with E-state index in [0.717, 1.165) is 25.1 Å². The molecule has 2 saturated heterocycles. The molecule has 0 unspecified atom stereocenters. The molecule has 0 saturated carbocycles. The van der Waals surface area contributed by atoms with Crippen molar-refractivity contribution < 1.29 is 18.7 Å². The minimum atomic E-state index is -0.422. The van der Waals surface area contributed by atoms with Crippen molar-refractivity contribution in [3.8, 4) is 28.3 Å². The van der Waals surface area contributed by atoms with Gasteiger partial charge in [-0.3, -0.25) is 9.69 Å². The summed E-state index contributed by atoms with van der Waals surface area (Å²) in [5, 5.41) is 10.3. The van der Waals surface area contributed by atoms with Crippen molar-refractivity contribution in [2.45, 2.75) is 38.1 Å². The number of aromatic nitrogens is 2. The van der Waals surface area contributed by atoms with Gasteiger partial charge in [0, 0.05) is 86.3 Å². The van der Waals surface area contributed by atoms with Crippen LogP contribution in [0.3, 0.4) is 0 Å². The number of amides is 1. The van der Waals surface area contributed by atoms with Crippen LogP contribution in [0.25, 0.3) is 22.4 Å². The Balaban J connectivity index is 1.20. The van der Waals surface area contributed by atoms with E-state index in [2.05, 4.69) is 25.8 Å². The van der Waals surface area contributed by atoms with E-state index in [1.54, 1.807) is 32.5 Å². The predicted molar refractivity (Wildman–Crippen MR) is 178 cm³/mol. The molecule has 1 amide bonds. The molecule has 2 aromatic heterocycles. The highest BCUT2D eigenvalue weighted by atomic mass is 35.5. The van der Waals surface area contributed by atoms with Crippen molar-refractivity contribution in [3.63, 3.8) is 0 Å². The van der Waals surface area contributed by atoms with Crippen molar-refractivity contribution in [2.75, 3.05) is 39.2 Å². The number of likely N-dealkylation sites (tertiary alicyclic amines) is 1. The first-order valence-electron chi connectivity index (χ1n) is 15.1. The van der Waals surface area contributed by atoms with Crippen LogP contribution in [0.2, 0.25) is 10.0 Å². The van der Waals surface area contributed by atoms with Crippen LogP contribution >= 0.6 is 23.2 Å². The fourth-order valence-electron chi connectivity index (χ4n) is 5.78. The van der Waals surface area contributed by atoms with E-state index < -0.39 is 5.82 Å². The zero-order chi connectivity index (χ0) is 32.2. The topological polar surface area (TPSA) is 101 Å². The molecule has 0 bridgehead atoms. The molecule has 4 aromatic rings. The Labute approximate surface area is 277 Å². The van der Waals surface area contributed by atoms with Crippen LogP contribution in [-0.2, 0) is 22.6 Å². The van der Waals surface area contributed by atoms with Gasteiger partial charge in [-0.1, -0.05) is 59.6 Å². The summed E-state index contributed by atoms with van der Waals surface area (Å²) in [6.07, 6.45) is 3.17. The Morgan fingerprint density at radius 1 is 1.00 bits per heavy atom. The number of nitrogens with zero attached hydrogens (tertiary/aromatic N) is 3. The molecule has 2 fully saturated rings. The monoisotopic (exact) mass is 664 g/mol. The van der Waals surface area contributed by atoms with Crippen molar-refractivity contribution in [3.05, 3.63) is 87.8 Å². The number of pyridine rings is 2. The number of halogens is 3. The van der Waals surface area contributed by atoms with Crippen molar-refractivity contribution in [1.29, 1.82) is 0 Å². The minimum Gasteiger partial charge on any atom is -0.481 e. The van der Waals surface area contributed by atoms with Crippen LogP contribution in [0.4, 0.5) is 15.9 Å². The third-order valence-corrected chi connectivity index (χ3v) is 9.17. The second-order valence-electron chi connectivity index (χ2n) is 11.4. The molecule has 4 heterocycles. The second-order valence-corrected chi connectivity index (χ2v) is 12.2. The average Bonchev–Trinajstić information content (AvgIpc) is 3.46. The number of rotatable bonds is 12. The Kier molecular flexibility index (Phi) is 10.0. The largest absolute Gasteiger partial charge is 0.481 e. The van der Waals surface area contributed by atoms with E-state index in [4.69, 9.17) is 37.7 Å². The highest BCUT2D eigenvalue weighted by Crippen LogP contribution is 2.42. The van der Waals surface area contributed by atoms with Crippen LogP contribution in [0.5, 0.6) is 5.88 Å². The van der Waals surface area contributed by atoms with Gasteiger partial charge >= 0.3 is 0 Å². The minimum absolute atomic E-state index is 0.0917. The smallest absolute Gasteiger partial charge is 0.220 e. The third kappa shape index (κ3) is 6.96. The number of anilines is 2. The molecule has 0 spiro atoms. The Morgan fingerprint density at radius 3 is 2.50 bits per heavy atom. The van der Waals surface area contributed by atoms with Crippen LogP contribution in [-0.4, -0.2) is 66.8 Å². The van der Waals surface area contributed by atoms with Gasteiger partial charge in [-0.05, 0) is 24.6 Å². The molecule has 46 heavy (non-hydrogen) atoms. The molecule has 12 heteroatoms. The third-order valence-electron chi connectivity index (χ3n) is 8.36. The summed E-state index contributed by atoms with van der Waals surface area (Å²) in [7, 11) is 3.27. The number of carbonyl (C=O) groups excluding carboxylic acids is 1.